The molecule has 1 atom stereocenters. The number of hydrogen-bond acceptors (Lipinski definition) is 4. The monoisotopic (exact) mass is 223 g/mol. The number of oxazole rings is 1. The van der Waals surface area contributed by atoms with Crippen molar-refractivity contribution in [3.05, 3.63) is 17.8 Å². The van der Waals surface area contributed by atoms with Gasteiger partial charge in [0.2, 0.25) is 5.91 Å². The Balaban J connectivity index is 1.99. The zero-order valence-corrected chi connectivity index (χ0v) is 9.93. The van der Waals surface area contributed by atoms with Crippen LogP contribution in [-0.4, -0.2) is 46.9 Å². The molecular formula is C11H17N3O2. The fraction of sp³-hybridized carbons (Fsp3) is 0.636. The van der Waals surface area contributed by atoms with E-state index in [0.717, 1.165) is 12.2 Å². The van der Waals surface area contributed by atoms with E-state index in [-0.39, 0.29) is 11.9 Å². The van der Waals surface area contributed by atoms with E-state index in [1.165, 1.54) is 0 Å². The molecule has 88 valence electrons. The van der Waals surface area contributed by atoms with Crippen LogP contribution in [0, 0.1) is 6.92 Å². The normalized spacial score (nSPS) is 22.8. The number of hydrogen-bond donors (Lipinski definition) is 0. The van der Waals surface area contributed by atoms with E-state index in [4.69, 9.17) is 4.42 Å². The molecule has 1 fully saturated rings. The van der Waals surface area contributed by atoms with Gasteiger partial charge in [0, 0.05) is 33.1 Å². The second-order valence-corrected chi connectivity index (χ2v) is 4.38. The molecule has 0 aromatic carbocycles. The summed E-state index contributed by atoms with van der Waals surface area (Å²) in [5.74, 6) is 0.836. The third-order valence-electron chi connectivity index (χ3n) is 2.99. The molecule has 5 heteroatoms. The van der Waals surface area contributed by atoms with E-state index in [2.05, 4.69) is 16.8 Å². The van der Waals surface area contributed by atoms with Crippen LogP contribution in [0.2, 0.25) is 0 Å². The van der Waals surface area contributed by atoms with Crippen LogP contribution >= 0.6 is 0 Å². The van der Waals surface area contributed by atoms with Crippen LogP contribution in [0.4, 0.5) is 0 Å². The van der Waals surface area contributed by atoms with Crippen LogP contribution in [0.3, 0.4) is 0 Å². The molecule has 0 N–H and O–H groups in total. The van der Waals surface area contributed by atoms with Crippen LogP contribution in [-0.2, 0) is 11.3 Å². The Labute approximate surface area is 95.0 Å². The fourth-order valence-electron chi connectivity index (χ4n) is 1.94. The van der Waals surface area contributed by atoms with Gasteiger partial charge in [-0.25, -0.2) is 4.98 Å². The third kappa shape index (κ3) is 2.24. The zero-order chi connectivity index (χ0) is 11.7. The third-order valence-corrected chi connectivity index (χ3v) is 2.99. The van der Waals surface area contributed by atoms with Crippen LogP contribution in [0.1, 0.15) is 18.5 Å². The molecule has 1 aliphatic heterocycles. The smallest absolute Gasteiger partial charge is 0.236 e. The molecule has 0 unspecified atom stereocenters. The number of aryl methyl sites for hydroxylation is 1. The first-order valence-electron chi connectivity index (χ1n) is 5.45. The van der Waals surface area contributed by atoms with Gasteiger partial charge in [-0.2, -0.15) is 0 Å². The first kappa shape index (κ1) is 11.1. The van der Waals surface area contributed by atoms with Crippen LogP contribution in [0.5, 0.6) is 0 Å². The molecule has 2 heterocycles. The number of carbonyl (C=O) groups is 1. The Bertz CT molecular complexity index is 388. The summed E-state index contributed by atoms with van der Waals surface area (Å²) in [4.78, 5) is 19.8. The van der Waals surface area contributed by atoms with Crippen molar-refractivity contribution in [1.29, 1.82) is 0 Å². The number of likely N-dealkylation sites (N-methyl/N-ethyl adjacent to an activating group) is 1. The largest absolute Gasteiger partial charge is 0.449 e. The van der Waals surface area contributed by atoms with Crippen molar-refractivity contribution >= 4 is 5.91 Å². The summed E-state index contributed by atoms with van der Waals surface area (Å²) in [5.41, 5.74) is 0.891. The number of rotatable bonds is 2. The van der Waals surface area contributed by atoms with Crippen molar-refractivity contribution in [1.82, 2.24) is 14.8 Å². The molecule has 0 radical (unpaired) electrons. The highest BCUT2D eigenvalue weighted by Crippen LogP contribution is 2.12. The maximum Gasteiger partial charge on any atom is 0.236 e. The maximum absolute atomic E-state index is 11.7. The Morgan fingerprint density at radius 3 is 2.94 bits per heavy atom. The highest BCUT2D eigenvalue weighted by Gasteiger charge is 2.27. The van der Waals surface area contributed by atoms with E-state index < -0.39 is 0 Å². The molecule has 0 aliphatic carbocycles. The minimum absolute atomic E-state index is 0.166. The molecule has 1 aliphatic rings. The molecule has 1 aromatic heterocycles. The summed E-state index contributed by atoms with van der Waals surface area (Å²) < 4.78 is 5.15. The van der Waals surface area contributed by atoms with Crippen molar-refractivity contribution in [3.63, 3.8) is 0 Å². The average molecular weight is 223 g/mol. The molecule has 2 rings (SSSR count). The van der Waals surface area contributed by atoms with Crippen molar-refractivity contribution in [2.75, 3.05) is 20.1 Å². The van der Waals surface area contributed by atoms with Gasteiger partial charge in [0.25, 0.3) is 0 Å². The SMILES string of the molecule is Cc1nc(CN2CC(=O)N(C)[C@@H](C)C2)co1. The molecule has 0 bridgehead atoms. The summed E-state index contributed by atoms with van der Waals surface area (Å²) in [6, 6.07) is 0.259. The average Bonchev–Trinajstić information content (AvgIpc) is 2.60. The topological polar surface area (TPSA) is 49.6 Å². The predicted molar refractivity (Wildman–Crippen MR) is 58.7 cm³/mol. The van der Waals surface area contributed by atoms with E-state index in [9.17, 15) is 4.79 Å². The van der Waals surface area contributed by atoms with Crippen molar-refractivity contribution in [2.24, 2.45) is 0 Å². The molecule has 1 saturated heterocycles. The summed E-state index contributed by atoms with van der Waals surface area (Å²) in [6.07, 6.45) is 1.66. The quantitative estimate of drug-likeness (QED) is 0.738. The van der Waals surface area contributed by atoms with Gasteiger partial charge in [0.15, 0.2) is 5.89 Å². The van der Waals surface area contributed by atoms with Gasteiger partial charge in [-0.05, 0) is 6.92 Å². The standard InChI is InChI=1S/C11H17N3O2/c1-8-4-14(6-11(15)13(8)3)5-10-7-16-9(2)12-10/h7-8H,4-6H2,1-3H3/t8-/m0/s1. The fourth-order valence-corrected chi connectivity index (χ4v) is 1.94. The number of aromatic nitrogens is 1. The summed E-state index contributed by atoms with van der Waals surface area (Å²) in [6.45, 7) is 5.90. The van der Waals surface area contributed by atoms with Crippen molar-refractivity contribution in [2.45, 2.75) is 26.4 Å². The Kier molecular flexibility index (Phi) is 2.96. The molecule has 1 aromatic rings. The second-order valence-electron chi connectivity index (χ2n) is 4.38. The van der Waals surface area contributed by atoms with Gasteiger partial charge in [0.1, 0.15) is 6.26 Å². The molecular weight excluding hydrogens is 206 g/mol. The number of amides is 1. The number of piperazine rings is 1. The summed E-state index contributed by atoms with van der Waals surface area (Å²) in [7, 11) is 1.85. The minimum Gasteiger partial charge on any atom is -0.449 e. The van der Waals surface area contributed by atoms with Crippen molar-refractivity contribution < 1.29 is 9.21 Å². The highest BCUT2D eigenvalue weighted by atomic mass is 16.3. The first-order valence-corrected chi connectivity index (χ1v) is 5.45. The van der Waals surface area contributed by atoms with Gasteiger partial charge in [-0.15, -0.1) is 0 Å². The van der Waals surface area contributed by atoms with Gasteiger partial charge in [0.05, 0.1) is 12.2 Å². The number of carbonyl (C=O) groups excluding carboxylic acids is 1. The Morgan fingerprint density at radius 2 is 2.38 bits per heavy atom. The highest BCUT2D eigenvalue weighted by molar-refractivity contribution is 5.79. The lowest BCUT2D eigenvalue weighted by molar-refractivity contribution is -0.137. The summed E-state index contributed by atoms with van der Waals surface area (Å²) >= 11 is 0. The molecule has 1 amide bonds. The van der Waals surface area contributed by atoms with Gasteiger partial charge in [-0.1, -0.05) is 0 Å². The lowest BCUT2D eigenvalue weighted by Crippen LogP contribution is -2.53. The van der Waals surface area contributed by atoms with E-state index >= 15 is 0 Å². The Morgan fingerprint density at radius 1 is 1.62 bits per heavy atom. The lowest BCUT2D eigenvalue weighted by Gasteiger charge is -2.36. The van der Waals surface area contributed by atoms with Crippen LogP contribution in [0.15, 0.2) is 10.7 Å². The molecule has 0 saturated carbocycles. The van der Waals surface area contributed by atoms with Crippen LogP contribution < -0.4 is 0 Å². The second kappa shape index (κ2) is 4.25. The van der Waals surface area contributed by atoms with Gasteiger partial charge < -0.3 is 9.32 Å². The Hall–Kier alpha value is -1.36. The predicted octanol–water partition coefficient (Wildman–Crippen LogP) is 0.646. The number of nitrogens with zero attached hydrogens (tertiary/aromatic N) is 3. The van der Waals surface area contributed by atoms with Crippen molar-refractivity contribution in [3.8, 4) is 0 Å². The van der Waals surface area contributed by atoms with Gasteiger partial charge in [-0.3, -0.25) is 9.69 Å². The van der Waals surface area contributed by atoms with E-state index in [1.54, 1.807) is 11.2 Å². The molecule has 16 heavy (non-hydrogen) atoms. The molecule has 0 spiro atoms. The maximum atomic E-state index is 11.7. The minimum atomic E-state index is 0.166. The zero-order valence-electron chi connectivity index (χ0n) is 9.93. The van der Waals surface area contributed by atoms with E-state index in [0.29, 0.717) is 19.0 Å². The lowest BCUT2D eigenvalue weighted by atomic mass is 10.2. The van der Waals surface area contributed by atoms with Crippen LogP contribution in [0.25, 0.3) is 0 Å². The van der Waals surface area contributed by atoms with Gasteiger partial charge >= 0.3 is 0 Å². The molecule has 5 nitrogen and oxygen atoms in total. The first-order chi connectivity index (χ1) is 7.56. The van der Waals surface area contributed by atoms with E-state index in [1.807, 2.05) is 14.0 Å². The summed E-state index contributed by atoms with van der Waals surface area (Å²) in [5, 5.41) is 0.